The van der Waals surface area contributed by atoms with E-state index in [0.29, 0.717) is 36.2 Å². The number of carbonyl (C=O) groups excluding carboxylic acids is 2. The van der Waals surface area contributed by atoms with Gasteiger partial charge in [-0.2, -0.15) is 0 Å². The number of H-pyrrole nitrogens is 2. The Morgan fingerprint density at radius 3 is 2.11 bits per heavy atom. The number of hydrogen-bond acceptors (Lipinski definition) is 5. The van der Waals surface area contributed by atoms with Crippen LogP contribution >= 0.6 is 0 Å². The molecule has 4 heterocycles. The first-order chi connectivity index (χ1) is 20.9. The molecule has 4 rings (SSSR count). The minimum atomic E-state index is -0.928. The predicted molar refractivity (Wildman–Crippen MR) is 165 cm³/mol. The maximum Gasteiger partial charge on any atom is 0.303 e. The van der Waals surface area contributed by atoms with Crippen molar-refractivity contribution in [3.63, 3.8) is 0 Å². The van der Waals surface area contributed by atoms with Gasteiger partial charge in [-0.1, -0.05) is 19.6 Å². The average Bonchev–Trinajstić information content (AvgIpc) is 3.60. The standard InChI is InChI=1S/C33H40N4O7/c1-6-20-16(2)26(36-33(20)44)13-24-17(3)21(7-9-30(39)40)27(34-24)15-28-22(8-10-31(41)42)18(4)25(35-28)14-29-23(11-12-38)19(5)32(43)37-29/h6,11-12,14,19,23,26,34-35,38H,1,7-10,13,15H2,2-5H3,(H,36,44)(H,37,43)(H,39,40)(H,41,42)/b12-11+,29-14-/t19-,23-,26-/m1/s1. The van der Waals surface area contributed by atoms with Crippen molar-refractivity contribution in [1.82, 2.24) is 20.6 Å². The van der Waals surface area contributed by atoms with Gasteiger partial charge < -0.3 is 35.9 Å². The average molecular weight is 605 g/mol. The van der Waals surface area contributed by atoms with Crippen LogP contribution in [-0.4, -0.2) is 55.1 Å². The highest BCUT2D eigenvalue weighted by atomic mass is 16.4. The van der Waals surface area contributed by atoms with Gasteiger partial charge in [-0.25, -0.2) is 0 Å². The van der Waals surface area contributed by atoms with Crippen LogP contribution in [0, 0.1) is 25.7 Å². The number of rotatable bonds is 13. The van der Waals surface area contributed by atoms with E-state index in [-0.39, 0.29) is 49.0 Å². The number of allylic oxidation sites excluding steroid dienone is 1. The molecular weight excluding hydrogens is 564 g/mol. The Kier molecular flexibility index (Phi) is 9.66. The highest BCUT2D eigenvalue weighted by molar-refractivity contribution is 6.00. The van der Waals surface area contributed by atoms with Crippen LogP contribution < -0.4 is 10.6 Å². The van der Waals surface area contributed by atoms with Gasteiger partial charge in [0.2, 0.25) is 5.91 Å². The van der Waals surface area contributed by atoms with Gasteiger partial charge in [-0.15, -0.1) is 0 Å². The predicted octanol–water partition coefficient (Wildman–Crippen LogP) is 3.92. The smallest absolute Gasteiger partial charge is 0.303 e. The van der Waals surface area contributed by atoms with E-state index < -0.39 is 11.9 Å². The van der Waals surface area contributed by atoms with E-state index in [9.17, 15) is 34.5 Å². The third-order valence-corrected chi connectivity index (χ3v) is 8.89. The molecule has 2 aliphatic heterocycles. The summed E-state index contributed by atoms with van der Waals surface area (Å²) >= 11 is 0. The molecule has 2 aliphatic rings. The van der Waals surface area contributed by atoms with Crippen LogP contribution in [0.2, 0.25) is 0 Å². The molecular formula is C33H40N4O7. The van der Waals surface area contributed by atoms with Crippen LogP contribution in [0.25, 0.3) is 6.08 Å². The van der Waals surface area contributed by atoms with E-state index in [4.69, 9.17) is 0 Å². The fraction of sp³-hybridized carbons (Fsp3) is 0.394. The number of amides is 2. The van der Waals surface area contributed by atoms with Crippen molar-refractivity contribution in [2.45, 2.75) is 72.3 Å². The number of aromatic amines is 2. The quantitative estimate of drug-likeness (QED) is 0.169. The molecule has 0 spiro atoms. The zero-order chi connectivity index (χ0) is 32.3. The minimum absolute atomic E-state index is 0.0601. The normalized spacial score (nSPS) is 21.0. The molecule has 44 heavy (non-hydrogen) atoms. The van der Waals surface area contributed by atoms with E-state index in [1.807, 2.05) is 26.8 Å². The van der Waals surface area contributed by atoms with Crippen LogP contribution in [0.3, 0.4) is 0 Å². The summed E-state index contributed by atoms with van der Waals surface area (Å²) < 4.78 is 0. The first-order valence-corrected chi connectivity index (χ1v) is 14.7. The monoisotopic (exact) mass is 604 g/mol. The molecule has 1 saturated heterocycles. The fourth-order valence-corrected chi connectivity index (χ4v) is 6.24. The van der Waals surface area contributed by atoms with Gasteiger partial charge in [0.25, 0.3) is 5.91 Å². The van der Waals surface area contributed by atoms with Crippen molar-refractivity contribution >= 4 is 29.8 Å². The second-order valence-electron chi connectivity index (χ2n) is 11.5. The van der Waals surface area contributed by atoms with Crippen LogP contribution in [-0.2, 0) is 44.9 Å². The number of aliphatic hydroxyl groups is 1. The van der Waals surface area contributed by atoms with Gasteiger partial charge in [-0.3, -0.25) is 19.2 Å². The molecule has 0 aromatic carbocycles. The van der Waals surface area contributed by atoms with Gasteiger partial charge in [-0.05, 0) is 73.6 Å². The lowest BCUT2D eigenvalue weighted by atomic mass is 9.94. The summed E-state index contributed by atoms with van der Waals surface area (Å²) in [4.78, 5) is 54.8. The molecule has 3 atom stereocenters. The molecule has 7 N–H and O–H groups in total. The zero-order valence-electron chi connectivity index (χ0n) is 25.5. The third kappa shape index (κ3) is 6.56. The highest BCUT2D eigenvalue weighted by Gasteiger charge is 2.34. The van der Waals surface area contributed by atoms with Crippen molar-refractivity contribution in [3.8, 4) is 0 Å². The largest absolute Gasteiger partial charge is 0.516 e. The SMILES string of the molecule is C=CC1=C(C)[C@@H](Cc2[nH]c(Cc3[nH]c(/C=C4\NC(=O)[C@H](C)[C@H]4/C=C/O)c(C)c3CCC(=O)O)c(CCC(=O)O)c2C)NC1=O. The lowest BCUT2D eigenvalue weighted by molar-refractivity contribution is -0.138. The Morgan fingerprint density at radius 1 is 0.932 bits per heavy atom. The Morgan fingerprint density at radius 2 is 1.55 bits per heavy atom. The second kappa shape index (κ2) is 13.2. The summed E-state index contributed by atoms with van der Waals surface area (Å²) in [7, 11) is 0. The van der Waals surface area contributed by atoms with Crippen molar-refractivity contribution < 1.29 is 34.5 Å². The van der Waals surface area contributed by atoms with E-state index in [2.05, 4.69) is 27.2 Å². The zero-order valence-corrected chi connectivity index (χ0v) is 25.5. The summed E-state index contributed by atoms with van der Waals surface area (Å²) in [5.74, 6) is -2.88. The van der Waals surface area contributed by atoms with Gasteiger partial charge in [0.05, 0.1) is 12.3 Å². The summed E-state index contributed by atoms with van der Waals surface area (Å²) in [6.07, 6.45) is 7.15. The van der Waals surface area contributed by atoms with Crippen LogP contribution in [0.1, 0.15) is 71.7 Å². The number of carbonyl (C=O) groups is 4. The number of aliphatic carboxylic acids is 2. The first kappa shape index (κ1) is 32.1. The van der Waals surface area contributed by atoms with E-state index in [0.717, 1.165) is 51.2 Å². The fourth-order valence-electron chi connectivity index (χ4n) is 6.24. The van der Waals surface area contributed by atoms with Crippen molar-refractivity contribution in [1.29, 1.82) is 0 Å². The Balaban J connectivity index is 1.75. The van der Waals surface area contributed by atoms with Gasteiger partial charge >= 0.3 is 11.9 Å². The van der Waals surface area contributed by atoms with Crippen LogP contribution in [0.4, 0.5) is 0 Å². The highest BCUT2D eigenvalue weighted by Crippen LogP contribution is 2.33. The third-order valence-electron chi connectivity index (χ3n) is 8.89. The van der Waals surface area contributed by atoms with Crippen LogP contribution in [0.15, 0.2) is 41.8 Å². The van der Waals surface area contributed by atoms with Gasteiger partial charge in [0.1, 0.15) is 0 Å². The molecule has 0 radical (unpaired) electrons. The van der Waals surface area contributed by atoms with E-state index in [1.165, 1.54) is 0 Å². The molecule has 11 nitrogen and oxygen atoms in total. The molecule has 234 valence electrons. The van der Waals surface area contributed by atoms with Crippen molar-refractivity contribution in [2.24, 2.45) is 11.8 Å². The van der Waals surface area contributed by atoms with E-state index >= 15 is 0 Å². The Bertz CT molecular complexity index is 1600. The Hall–Kier alpha value is -4.80. The van der Waals surface area contributed by atoms with Crippen molar-refractivity contribution in [3.05, 3.63) is 86.9 Å². The molecule has 0 bridgehead atoms. The number of aliphatic hydroxyl groups excluding tert-OH is 1. The summed E-state index contributed by atoms with van der Waals surface area (Å²) in [6, 6.07) is -0.227. The van der Waals surface area contributed by atoms with Gasteiger partial charge in [0, 0.05) is 71.6 Å². The minimum Gasteiger partial charge on any atom is -0.516 e. The molecule has 11 heteroatoms. The Labute approximate surface area is 255 Å². The summed E-state index contributed by atoms with van der Waals surface area (Å²) in [5, 5.41) is 34.2. The van der Waals surface area contributed by atoms with Crippen LogP contribution in [0.5, 0.6) is 0 Å². The molecule has 2 amide bonds. The molecule has 0 unspecified atom stereocenters. The maximum atomic E-state index is 12.4. The van der Waals surface area contributed by atoms with Gasteiger partial charge in [0.15, 0.2) is 0 Å². The molecule has 0 aliphatic carbocycles. The number of hydrogen-bond donors (Lipinski definition) is 7. The molecule has 1 fully saturated rings. The lowest BCUT2D eigenvalue weighted by Crippen LogP contribution is -2.30. The first-order valence-electron chi connectivity index (χ1n) is 14.7. The van der Waals surface area contributed by atoms with Crippen molar-refractivity contribution in [2.75, 3.05) is 0 Å². The lowest BCUT2D eigenvalue weighted by Gasteiger charge is -2.12. The summed E-state index contributed by atoms with van der Waals surface area (Å²) in [6.45, 7) is 11.3. The summed E-state index contributed by atoms with van der Waals surface area (Å²) in [5.41, 5.74) is 8.74. The molecule has 0 saturated carbocycles. The topological polar surface area (TPSA) is 185 Å². The van der Waals surface area contributed by atoms with E-state index in [1.54, 1.807) is 19.1 Å². The second-order valence-corrected chi connectivity index (χ2v) is 11.5. The molecule has 2 aromatic heterocycles. The number of carboxylic acids is 2. The molecule has 2 aromatic rings. The number of carboxylic acid groups (broad SMARTS) is 2. The maximum absolute atomic E-state index is 12.4. The number of aromatic nitrogens is 2. The number of nitrogens with one attached hydrogen (secondary N) is 4.